The van der Waals surface area contributed by atoms with Gasteiger partial charge in [0.2, 0.25) is 5.91 Å². The summed E-state index contributed by atoms with van der Waals surface area (Å²) >= 11 is 0. The summed E-state index contributed by atoms with van der Waals surface area (Å²) in [5, 5.41) is 8.59. The molecule has 0 aliphatic heterocycles. The minimum absolute atomic E-state index is 0.118. The van der Waals surface area contributed by atoms with Crippen LogP contribution in [0.4, 0.5) is 5.69 Å². The summed E-state index contributed by atoms with van der Waals surface area (Å²) in [6.07, 6.45) is 0.369. The molecule has 1 aromatic carbocycles. The fourth-order valence-corrected chi connectivity index (χ4v) is 1.74. The zero-order chi connectivity index (χ0) is 15.5. The minimum atomic E-state index is -0.227. The quantitative estimate of drug-likeness (QED) is 0.594. The number of hydrogen-bond acceptors (Lipinski definition) is 4. The predicted octanol–water partition coefficient (Wildman–Crippen LogP) is 1.00. The van der Waals surface area contributed by atoms with Crippen LogP contribution in [-0.2, 0) is 9.53 Å². The SMILES string of the molecule is CCNCCC(=O)Nc1ccccc1C(=O)NCCOC. The van der Waals surface area contributed by atoms with Gasteiger partial charge in [-0.1, -0.05) is 19.1 Å². The number of carbonyl (C=O) groups excluding carboxylic acids is 2. The van der Waals surface area contributed by atoms with E-state index in [-0.39, 0.29) is 11.8 Å². The van der Waals surface area contributed by atoms with Crippen molar-refractivity contribution in [3.05, 3.63) is 29.8 Å². The molecule has 21 heavy (non-hydrogen) atoms. The van der Waals surface area contributed by atoms with E-state index >= 15 is 0 Å². The maximum Gasteiger partial charge on any atom is 0.253 e. The zero-order valence-electron chi connectivity index (χ0n) is 12.6. The molecule has 6 nitrogen and oxygen atoms in total. The fraction of sp³-hybridized carbons (Fsp3) is 0.467. The van der Waals surface area contributed by atoms with E-state index in [2.05, 4.69) is 16.0 Å². The first-order chi connectivity index (χ1) is 10.2. The molecule has 0 aliphatic rings. The first kappa shape index (κ1) is 17.1. The lowest BCUT2D eigenvalue weighted by Gasteiger charge is -2.11. The minimum Gasteiger partial charge on any atom is -0.383 e. The van der Waals surface area contributed by atoms with Gasteiger partial charge in [0, 0.05) is 26.6 Å². The van der Waals surface area contributed by atoms with Crippen molar-refractivity contribution in [3.8, 4) is 0 Å². The molecule has 3 N–H and O–H groups in total. The van der Waals surface area contributed by atoms with Crippen LogP contribution in [0.25, 0.3) is 0 Å². The van der Waals surface area contributed by atoms with Crippen molar-refractivity contribution in [2.45, 2.75) is 13.3 Å². The third-order valence-corrected chi connectivity index (χ3v) is 2.82. The highest BCUT2D eigenvalue weighted by Gasteiger charge is 2.12. The van der Waals surface area contributed by atoms with Crippen molar-refractivity contribution in [3.63, 3.8) is 0 Å². The maximum atomic E-state index is 12.1. The molecule has 0 atom stereocenters. The zero-order valence-corrected chi connectivity index (χ0v) is 12.6. The average molecular weight is 293 g/mol. The largest absolute Gasteiger partial charge is 0.383 e. The van der Waals surface area contributed by atoms with Crippen molar-refractivity contribution in [1.82, 2.24) is 10.6 Å². The lowest BCUT2D eigenvalue weighted by molar-refractivity contribution is -0.116. The number of carbonyl (C=O) groups is 2. The van der Waals surface area contributed by atoms with Gasteiger partial charge in [-0.25, -0.2) is 0 Å². The van der Waals surface area contributed by atoms with Gasteiger partial charge in [0.25, 0.3) is 5.91 Å². The molecule has 0 fully saturated rings. The molecule has 0 saturated heterocycles. The van der Waals surface area contributed by atoms with E-state index < -0.39 is 0 Å². The topological polar surface area (TPSA) is 79.5 Å². The van der Waals surface area contributed by atoms with Gasteiger partial charge in [0.05, 0.1) is 17.9 Å². The molecule has 0 unspecified atom stereocenters. The number of methoxy groups -OCH3 is 1. The van der Waals surface area contributed by atoms with E-state index in [1.807, 2.05) is 6.92 Å². The first-order valence-electron chi connectivity index (χ1n) is 7.05. The normalized spacial score (nSPS) is 10.2. The Labute approximate surface area is 125 Å². The van der Waals surface area contributed by atoms with Crippen molar-refractivity contribution in [1.29, 1.82) is 0 Å². The van der Waals surface area contributed by atoms with E-state index in [9.17, 15) is 9.59 Å². The van der Waals surface area contributed by atoms with Crippen molar-refractivity contribution in [2.24, 2.45) is 0 Å². The first-order valence-corrected chi connectivity index (χ1v) is 7.05. The molecule has 0 aromatic heterocycles. The third-order valence-electron chi connectivity index (χ3n) is 2.82. The lowest BCUT2D eigenvalue weighted by Crippen LogP contribution is -2.28. The van der Waals surface area contributed by atoms with Crippen LogP contribution >= 0.6 is 0 Å². The highest BCUT2D eigenvalue weighted by atomic mass is 16.5. The average Bonchev–Trinajstić information content (AvgIpc) is 2.48. The second-order valence-electron chi connectivity index (χ2n) is 4.45. The van der Waals surface area contributed by atoms with Gasteiger partial charge in [-0.05, 0) is 18.7 Å². The molecule has 2 amide bonds. The smallest absolute Gasteiger partial charge is 0.253 e. The van der Waals surface area contributed by atoms with Crippen LogP contribution < -0.4 is 16.0 Å². The highest BCUT2D eigenvalue weighted by Crippen LogP contribution is 2.15. The summed E-state index contributed by atoms with van der Waals surface area (Å²) in [5.41, 5.74) is 0.972. The van der Waals surface area contributed by atoms with Gasteiger partial charge in [-0.15, -0.1) is 0 Å². The number of hydrogen-bond donors (Lipinski definition) is 3. The molecule has 0 saturated carbocycles. The molecule has 0 aliphatic carbocycles. The highest BCUT2D eigenvalue weighted by molar-refractivity contribution is 6.03. The van der Waals surface area contributed by atoms with Crippen molar-refractivity contribution in [2.75, 3.05) is 38.7 Å². The molecular weight excluding hydrogens is 270 g/mol. The van der Waals surface area contributed by atoms with Gasteiger partial charge in [0.1, 0.15) is 0 Å². The third kappa shape index (κ3) is 6.37. The second-order valence-corrected chi connectivity index (χ2v) is 4.45. The lowest BCUT2D eigenvalue weighted by atomic mass is 10.1. The van der Waals surface area contributed by atoms with E-state index in [0.29, 0.717) is 37.4 Å². The molecule has 1 aromatic rings. The Balaban J connectivity index is 2.61. The van der Waals surface area contributed by atoms with Crippen molar-refractivity contribution < 1.29 is 14.3 Å². The van der Waals surface area contributed by atoms with Crippen LogP contribution in [0.3, 0.4) is 0 Å². The maximum absolute atomic E-state index is 12.1. The van der Waals surface area contributed by atoms with Crippen molar-refractivity contribution >= 4 is 17.5 Å². The standard InChI is InChI=1S/C15H23N3O3/c1-3-16-9-8-14(19)18-13-7-5-4-6-12(13)15(20)17-10-11-21-2/h4-7,16H,3,8-11H2,1-2H3,(H,17,20)(H,18,19). The Hall–Kier alpha value is -1.92. The van der Waals surface area contributed by atoms with Crippen LogP contribution in [0.15, 0.2) is 24.3 Å². The molecule has 1 rings (SSSR count). The molecule has 0 bridgehead atoms. The van der Waals surface area contributed by atoms with Crippen LogP contribution in [0, 0.1) is 0 Å². The predicted molar refractivity (Wildman–Crippen MR) is 82.4 cm³/mol. The molecule has 6 heteroatoms. The number of benzene rings is 1. The Morgan fingerprint density at radius 1 is 1.19 bits per heavy atom. The van der Waals surface area contributed by atoms with E-state index in [1.54, 1.807) is 31.4 Å². The number of nitrogens with one attached hydrogen (secondary N) is 3. The van der Waals surface area contributed by atoms with E-state index in [1.165, 1.54) is 0 Å². The van der Waals surface area contributed by atoms with Crippen LogP contribution in [0.5, 0.6) is 0 Å². The molecule has 116 valence electrons. The van der Waals surface area contributed by atoms with Gasteiger partial charge in [-0.3, -0.25) is 9.59 Å². The fourth-order valence-electron chi connectivity index (χ4n) is 1.74. The summed E-state index contributed by atoms with van der Waals surface area (Å²) in [4.78, 5) is 23.9. The summed E-state index contributed by atoms with van der Waals surface area (Å²) < 4.78 is 4.89. The Morgan fingerprint density at radius 3 is 2.67 bits per heavy atom. The van der Waals surface area contributed by atoms with Gasteiger partial charge in [0.15, 0.2) is 0 Å². The Bertz CT molecular complexity index is 463. The molecular formula is C15H23N3O3. The van der Waals surface area contributed by atoms with Gasteiger partial charge in [-0.2, -0.15) is 0 Å². The molecule has 0 radical (unpaired) electrons. The van der Waals surface area contributed by atoms with Crippen LogP contribution in [0.2, 0.25) is 0 Å². The van der Waals surface area contributed by atoms with E-state index in [4.69, 9.17) is 4.74 Å². The Morgan fingerprint density at radius 2 is 1.95 bits per heavy atom. The number of rotatable bonds is 9. The molecule has 0 heterocycles. The monoisotopic (exact) mass is 293 g/mol. The number of para-hydroxylation sites is 1. The summed E-state index contributed by atoms with van der Waals surface area (Å²) in [7, 11) is 1.57. The number of amides is 2. The summed E-state index contributed by atoms with van der Waals surface area (Å²) in [6.45, 7) is 4.30. The van der Waals surface area contributed by atoms with Crippen LogP contribution in [0.1, 0.15) is 23.7 Å². The summed E-state index contributed by atoms with van der Waals surface area (Å²) in [5.74, 6) is -0.345. The van der Waals surface area contributed by atoms with Gasteiger partial charge >= 0.3 is 0 Å². The Kier molecular flexibility index (Phi) is 8.08. The summed E-state index contributed by atoms with van der Waals surface area (Å²) in [6, 6.07) is 6.95. The second kappa shape index (κ2) is 9.90. The number of anilines is 1. The number of ether oxygens (including phenoxy) is 1. The van der Waals surface area contributed by atoms with E-state index in [0.717, 1.165) is 6.54 Å². The molecule has 0 spiro atoms. The van der Waals surface area contributed by atoms with Gasteiger partial charge < -0.3 is 20.7 Å². The van der Waals surface area contributed by atoms with Crippen LogP contribution in [-0.4, -0.2) is 45.2 Å².